The lowest BCUT2D eigenvalue weighted by Crippen LogP contribution is -2.49. The van der Waals surface area contributed by atoms with Crippen LogP contribution in [0.5, 0.6) is 0 Å². The van der Waals surface area contributed by atoms with Crippen LogP contribution in [0, 0.1) is 0 Å². The Kier molecular flexibility index (Phi) is 4.40. The van der Waals surface area contributed by atoms with Crippen LogP contribution in [0.1, 0.15) is 27.7 Å². The number of urea groups is 2. The standard InChI is InChI=1S/C15H23N5O4/c1-6-7-18(8-19-10(21)14(2,3)16-12(19)23)9-20-11(22)15(4,5)17-13(20)24/h6H,1,7-9H2,2-5H3,(H,16,23)(H,17,24). The molecule has 2 saturated heterocycles. The Morgan fingerprint density at radius 1 is 0.917 bits per heavy atom. The molecule has 0 aromatic carbocycles. The largest absolute Gasteiger partial charge is 0.326 e. The van der Waals surface area contributed by atoms with Crippen molar-refractivity contribution in [1.29, 1.82) is 0 Å². The van der Waals surface area contributed by atoms with Gasteiger partial charge in [0.2, 0.25) is 0 Å². The van der Waals surface area contributed by atoms with Gasteiger partial charge in [0.1, 0.15) is 11.1 Å². The van der Waals surface area contributed by atoms with Gasteiger partial charge in [0.25, 0.3) is 11.8 Å². The van der Waals surface area contributed by atoms with Crippen LogP contribution in [-0.4, -0.2) is 69.5 Å². The van der Waals surface area contributed by atoms with E-state index >= 15 is 0 Å². The lowest BCUT2D eigenvalue weighted by atomic mass is 10.1. The van der Waals surface area contributed by atoms with E-state index in [0.717, 1.165) is 9.80 Å². The van der Waals surface area contributed by atoms with Crippen LogP contribution >= 0.6 is 0 Å². The lowest BCUT2D eigenvalue weighted by molar-refractivity contribution is -0.133. The molecule has 0 bridgehead atoms. The minimum atomic E-state index is -0.972. The van der Waals surface area contributed by atoms with E-state index in [1.54, 1.807) is 38.7 Å². The van der Waals surface area contributed by atoms with Crippen molar-refractivity contribution in [2.75, 3.05) is 19.9 Å². The number of hydrogen-bond acceptors (Lipinski definition) is 5. The SMILES string of the molecule is C=CCN(CN1C(=O)NC(C)(C)C1=O)CN1C(=O)NC(C)(C)C1=O. The first-order chi connectivity index (χ1) is 11.0. The minimum absolute atomic E-state index is 0.0440. The van der Waals surface area contributed by atoms with Crippen molar-refractivity contribution < 1.29 is 19.2 Å². The molecule has 0 aromatic heterocycles. The molecule has 2 aliphatic heterocycles. The van der Waals surface area contributed by atoms with E-state index < -0.39 is 23.1 Å². The smallest absolute Gasteiger partial charge is 0.324 e. The molecular formula is C15H23N5O4. The number of carbonyl (C=O) groups excluding carboxylic acids is 4. The van der Waals surface area contributed by atoms with Gasteiger partial charge in [-0.05, 0) is 27.7 Å². The molecule has 0 atom stereocenters. The molecule has 2 N–H and O–H groups in total. The van der Waals surface area contributed by atoms with Crippen molar-refractivity contribution in [2.24, 2.45) is 0 Å². The fourth-order valence-electron chi connectivity index (χ4n) is 2.64. The number of nitrogens with one attached hydrogen (secondary N) is 2. The van der Waals surface area contributed by atoms with Crippen LogP contribution in [0.4, 0.5) is 9.59 Å². The number of nitrogens with zero attached hydrogens (tertiary/aromatic N) is 3. The zero-order valence-corrected chi connectivity index (χ0v) is 14.4. The van der Waals surface area contributed by atoms with Gasteiger partial charge in [-0.3, -0.25) is 14.5 Å². The molecule has 132 valence electrons. The Labute approximate surface area is 140 Å². The van der Waals surface area contributed by atoms with Crippen LogP contribution in [0.25, 0.3) is 0 Å². The molecule has 2 aliphatic rings. The van der Waals surface area contributed by atoms with Crippen molar-refractivity contribution >= 4 is 23.9 Å². The number of hydrogen-bond donors (Lipinski definition) is 2. The van der Waals surface area contributed by atoms with Gasteiger partial charge in [-0.15, -0.1) is 6.58 Å². The van der Waals surface area contributed by atoms with Gasteiger partial charge in [0, 0.05) is 6.54 Å². The minimum Gasteiger partial charge on any atom is -0.324 e. The fourth-order valence-corrected chi connectivity index (χ4v) is 2.64. The van der Waals surface area contributed by atoms with Crippen LogP contribution in [-0.2, 0) is 9.59 Å². The van der Waals surface area contributed by atoms with Crippen molar-refractivity contribution in [3.05, 3.63) is 12.7 Å². The first kappa shape index (κ1) is 17.9. The van der Waals surface area contributed by atoms with Gasteiger partial charge in [0.05, 0.1) is 13.3 Å². The van der Waals surface area contributed by atoms with E-state index in [9.17, 15) is 19.2 Å². The molecule has 0 spiro atoms. The Bertz CT molecular complexity index is 565. The summed E-state index contributed by atoms with van der Waals surface area (Å²) in [6.45, 7) is 10.3. The highest BCUT2D eigenvalue weighted by Crippen LogP contribution is 2.19. The normalized spacial score (nSPS) is 22.2. The summed E-state index contributed by atoms with van der Waals surface area (Å²) in [4.78, 5) is 52.3. The topological polar surface area (TPSA) is 102 Å². The van der Waals surface area contributed by atoms with E-state index in [4.69, 9.17) is 0 Å². The summed E-state index contributed by atoms with van der Waals surface area (Å²) in [7, 11) is 0. The predicted octanol–water partition coefficient (Wildman–Crippen LogP) is 0.0502. The molecule has 9 nitrogen and oxygen atoms in total. The van der Waals surface area contributed by atoms with Gasteiger partial charge in [-0.1, -0.05) is 6.08 Å². The summed E-state index contributed by atoms with van der Waals surface area (Å²) in [6, 6.07) is -1.01. The van der Waals surface area contributed by atoms with Gasteiger partial charge >= 0.3 is 12.1 Å². The van der Waals surface area contributed by atoms with Crippen LogP contribution in [0.2, 0.25) is 0 Å². The van der Waals surface area contributed by atoms with Crippen molar-refractivity contribution in [3.63, 3.8) is 0 Å². The molecule has 0 aromatic rings. The number of amides is 6. The van der Waals surface area contributed by atoms with Gasteiger partial charge in [-0.25, -0.2) is 19.4 Å². The quantitative estimate of drug-likeness (QED) is 0.527. The molecule has 0 radical (unpaired) electrons. The first-order valence-corrected chi connectivity index (χ1v) is 7.61. The number of rotatable bonds is 6. The lowest BCUT2D eigenvalue weighted by Gasteiger charge is -2.28. The highest BCUT2D eigenvalue weighted by atomic mass is 16.2. The summed E-state index contributed by atoms with van der Waals surface area (Å²) < 4.78 is 0. The Hall–Kier alpha value is -2.42. The number of carbonyl (C=O) groups is 4. The maximum Gasteiger partial charge on any atom is 0.326 e. The number of imide groups is 2. The second-order valence-corrected chi connectivity index (χ2v) is 7.00. The third kappa shape index (κ3) is 3.12. The third-order valence-electron chi connectivity index (χ3n) is 3.96. The van der Waals surface area contributed by atoms with Crippen molar-refractivity contribution in [2.45, 2.75) is 38.8 Å². The average Bonchev–Trinajstić information content (AvgIpc) is 2.76. The van der Waals surface area contributed by atoms with Crippen LogP contribution < -0.4 is 10.6 Å². The van der Waals surface area contributed by atoms with E-state index in [0.29, 0.717) is 6.54 Å². The van der Waals surface area contributed by atoms with Crippen LogP contribution in [0.3, 0.4) is 0 Å². The Morgan fingerprint density at radius 2 is 1.29 bits per heavy atom. The average molecular weight is 337 g/mol. The summed E-state index contributed by atoms with van der Waals surface area (Å²) >= 11 is 0. The molecular weight excluding hydrogens is 314 g/mol. The second-order valence-electron chi connectivity index (χ2n) is 7.00. The van der Waals surface area contributed by atoms with Gasteiger partial charge in [0.15, 0.2) is 0 Å². The molecule has 0 saturated carbocycles. The molecule has 9 heteroatoms. The van der Waals surface area contributed by atoms with E-state index in [2.05, 4.69) is 17.2 Å². The van der Waals surface area contributed by atoms with Crippen molar-refractivity contribution in [1.82, 2.24) is 25.3 Å². The fraction of sp³-hybridized carbons (Fsp3) is 0.600. The van der Waals surface area contributed by atoms with Gasteiger partial charge in [-0.2, -0.15) is 0 Å². The van der Waals surface area contributed by atoms with E-state index in [1.807, 2.05) is 0 Å². The zero-order valence-electron chi connectivity index (χ0n) is 14.4. The van der Waals surface area contributed by atoms with Crippen molar-refractivity contribution in [3.8, 4) is 0 Å². The second kappa shape index (κ2) is 5.90. The van der Waals surface area contributed by atoms with Gasteiger partial charge < -0.3 is 10.6 Å². The zero-order chi connectivity index (χ0) is 18.3. The molecule has 0 unspecified atom stereocenters. The molecule has 0 aliphatic carbocycles. The molecule has 2 rings (SSSR count). The molecule has 6 amide bonds. The summed E-state index contributed by atoms with van der Waals surface area (Å²) in [6.07, 6.45) is 1.58. The highest BCUT2D eigenvalue weighted by Gasteiger charge is 2.47. The molecule has 2 fully saturated rings. The summed E-state index contributed by atoms with van der Waals surface area (Å²) in [5, 5.41) is 5.18. The summed E-state index contributed by atoms with van der Waals surface area (Å²) in [5.74, 6) is -0.724. The van der Waals surface area contributed by atoms with E-state index in [1.165, 1.54) is 0 Å². The monoisotopic (exact) mass is 337 g/mol. The predicted molar refractivity (Wildman–Crippen MR) is 85.6 cm³/mol. The highest BCUT2D eigenvalue weighted by molar-refractivity contribution is 6.07. The van der Waals surface area contributed by atoms with E-state index in [-0.39, 0.29) is 25.2 Å². The Morgan fingerprint density at radius 3 is 1.54 bits per heavy atom. The molecule has 24 heavy (non-hydrogen) atoms. The third-order valence-corrected chi connectivity index (χ3v) is 3.96. The Balaban J connectivity index is 2.12. The van der Waals surface area contributed by atoms with Crippen LogP contribution in [0.15, 0.2) is 12.7 Å². The maximum atomic E-state index is 12.3. The maximum absolute atomic E-state index is 12.3. The molecule has 2 heterocycles. The first-order valence-electron chi connectivity index (χ1n) is 7.61. The summed E-state index contributed by atoms with van der Waals surface area (Å²) in [5.41, 5.74) is -1.94.